The van der Waals surface area contributed by atoms with E-state index in [-0.39, 0.29) is 17.8 Å². The van der Waals surface area contributed by atoms with Crippen molar-refractivity contribution in [2.24, 2.45) is 0 Å². The molecule has 0 aliphatic carbocycles. The maximum Gasteiger partial charge on any atom is 0.337 e. The number of aryl methyl sites for hydroxylation is 1. The molecule has 148 valence electrons. The zero-order valence-corrected chi connectivity index (χ0v) is 16.3. The summed E-state index contributed by atoms with van der Waals surface area (Å²) in [5, 5.41) is 5.74. The first-order chi connectivity index (χ1) is 13.5. The molecule has 28 heavy (non-hydrogen) atoms. The fraction of sp³-hybridized carbons (Fsp3) is 0.318. The molecule has 2 amide bonds. The smallest absolute Gasteiger partial charge is 0.337 e. The Balaban J connectivity index is 1.79. The second-order valence-corrected chi connectivity index (χ2v) is 6.46. The molecule has 0 spiro atoms. The molecule has 0 aliphatic rings. The first-order valence-corrected chi connectivity index (χ1v) is 9.34. The minimum absolute atomic E-state index is 0.0121. The number of anilines is 1. The molecule has 0 fully saturated rings. The van der Waals surface area contributed by atoms with Gasteiger partial charge >= 0.3 is 5.97 Å². The van der Waals surface area contributed by atoms with Crippen LogP contribution in [0.2, 0.25) is 0 Å². The zero-order chi connectivity index (χ0) is 20.4. The Morgan fingerprint density at radius 2 is 1.68 bits per heavy atom. The normalized spacial score (nSPS) is 10.2. The van der Waals surface area contributed by atoms with E-state index in [9.17, 15) is 14.4 Å². The van der Waals surface area contributed by atoms with Gasteiger partial charge in [0.25, 0.3) is 0 Å². The number of rotatable bonds is 9. The van der Waals surface area contributed by atoms with Crippen molar-refractivity contribution >= 4 is 23.5 Å². The summed E-state index contributed by atoms with van der Waals surface area (Å²) in [5.41, 5.74) is 3.12. The standard InChI is InChI=1S/C22H26N2O4/c1-3-5-21(26)24-19-7-4-6-17(14-19)15-23-20(25)13-10-16-8-11-18(12-9-16)22(27)28-2/h4,6-9,11-12,14H,3,5,10,13,15H2,1-2H3,(H,23,25)(H,24,26). The van der Waals surface area contributed by atoms with E-state index in [1.165, 1.54) is 7.11 Å². The van der Waals surface area contributed by atoms with Gasteiger partial charge in [0, 0.05) is 25.1 Å². The van der Waals surface area contributed by atoms with Crippen molar-refractivity contribution in [3.05, 3.63) is 65.2 Å². The molecule has 0 saturated carbocycles. The lowest BCUT2D eigenvalue weighted by atomic mass is 10.1. The summed E-state index contributed by atoms with van der Waals surface area (Å²) in [6, 6.07) is 14.5. The van der Waals surface area contributed by atoms with E-state index in [0.29, 0.717) is 31.4 Å². The maximum atomic E-state index is 12.1. The molecule has 2 aromatic carbocycles. The van der Waals surface area contributed by atoms with E-state index >= 15 is 0 Å². The first kappa shape index (κ1) is 21.2. The quantitative estimate of drug-likeness (QED) is 0.651. The molecular formula is C22H26N2O4. The summed E-state index contributed by atoms with van der Waals surface area (Å²) < 4.78 is 4.66. The molecule has 6 nitrogen and oxygen atoms in total. The third-order valence-electron chi connectivity index (χ3n) is 4.19. The van der Waals surface area contributed by atoms with Crippen LogP contribution in [0.25, 0.3) is 0 Å². The number of hydrogen-bond donors (Lipinski definition) is 2. The molecule has 0 aromatic heterocycles. The number of nitrogens with one attached hydrogen (secondary N) is 2. The third-order valence-corrected chi connectivity index (χ3v) is 4.19. The summed E-state index contributed by atoms with van der Waals surface area (Å²) in [6.07, 6.45) is 2.22. The van der Waals surface area contributed by atoms with Gasteiger partial charge in [-0.3, -0.25) is 9.59 Å². The predicted octanol–water partition coefficient (Wildman–Crippen LogP) is 3.46. The molecule has 0 saturated heterocycles. The Kier molecular flexibility index (Phi) is 8.21. The van der Waals surface area contributed by atoms with Crippen molar-refractivity contribution in [1.82, 2.24) is 5.32 Å². The number of methoxy groups -OCH3 is 1. The minimum Gasteiger partial charge on any atom is -0.465 e. The van der Waals surface area contributed by atoms with Gasteiger partial charge in [0.15, 0.2) is 0 Å². The van der Waals surface area contributed by atoms with Gasteiger partial charge < -0.3 is 15.4 Å². The van der Waals surface area contributed by atoms with E-state index in [4.69, 9.17) is 0 Å². The van der Waals surface area contributed by atoms with E-state index in [0.717, 1.165) is 23.2 Å². The van der Waals surface area contributed by atoms with E-state index in [2.05, 4.69) is 15.4 Å². The minimum atomic E-state index is -0.377. The number of carbonyl (C=O) groups is 3. The largest absolute Gasteiger partial charge is 0.465 e. The summed E-state index contributed by atoms with van der Waals surface area (Å²) >= 11 is 0. The molecule has 0 atom stereocenters. The fourth-order valence-electron chi connectivity index (χ4n) is 2.68. The Bertz CT molecular complexity index is 816. The van der Waals surface area contributed by atoms with Crippen LogP contribution >= 0.6 is 0 Å². The second kappa shape index (κ2) is 10.9. The van der Waals surface area contributed by atoms with Crippen LogP contribution in [0.5, 0.6) is 0 Å². The highest BCUT2D eigenvalue weighted by Crippen LogP contribution is 2.12. The lowest BCUT2D eigenvalue weighted by molar-refractivity contribution is -0.121. The highest BCUT2D eigenvalue weighted by atomic mass is 16.5. The molecule has 0 heterocycles. The highest BCUT2D eigenvalue weighted by molar-refractivity contribution is 5.90. The number of amides is 2. The van der Waals surface area contributed by atoms with Crippen molar-refractivity contribution in [3.8, 4) is 0 Å². The summed E-state index contributed by atoms with van der Waals surface area (Å²) in [5.74, 6) is -0.447. The van der Waals surface area contributed by atoms with Gasteiger partial charge in [-0.15, -0.1) is 0 Å². The number of benzene rings is 2. The van der Waals surface area contributed by atoms with Crippen LogP contribution in [0.15, 0.2) is 48.5 Å². The monoisotopic (exact) mass is 382 g/mol. The summed E-state index contributed by atoms with van der Waals surface area (Å²) in [4.78, 5) is 35.2. The van der Waals surface area contributed by atoms with Crippen LogP contribution in [-0.4, -0.2) is 24.9 Å². The van der Waals surface area contributed by atoms with Crippen LogP contribution in [0.3, 0.4) is 0 Å². The van der Waals surface area contributed by atoms with Crippen molar-refractivity contribution < 1.29 is 19.1 Å². The second-order valence-electron chi connectivity index (χ2n) is 6.46. The number of ether oxygens (including phenoxy) is 1. The van der Waals surface area contributed by atoms with Crippen molar-refractivity contribution in [1.29, 1.82) is 0 Å². The van der Waals surface area contributed by atoms with E-state index in [1.54, 1.807) is 12.1 Å². The van der Waals surface area contributed by atoms with Gasteiger partial charge in [-0.05, 0) is 48.2 Å². The Morgan fingerprint density at radius 3 is 2.36 bits per heavy atom. The van der Waals surface area contributed by atoms with Crippen LogP contribution in [0, 0.1) is 0 Å². The summed E-state index contributed by atoms with van der Waals surface area (Å²) in [7, 11) is 1.34. The lowest BCUT2D eigenvalue weighted by Crippen LogP contribution is -2.23. The van der Waals surface area contributed by atoms with E-state index < -0.39 is 0 Å². The molecule has 0 unspecified atom stereocenters. The molecular weight excluding hydrogens is 356 g/mol. The number of carbonyl (C=O) groups excluding carboxylic acids is 3. The van der Waals surface area contributed by atoms with Crippen LogP contribution in [0.1, 0.15) is 47.7 Å². The van der Waals surface area contributed by atoms with Gasteiger partial charge in [0.05, 0.1) is 12.7 Å². The Morgan fingerprint density at radius 1 is 0.929 bits per heavy atom. The Hall–Kier alpha value is -3.15. The molecule has 2 N–H and O–H groups in total. The number of hydrogen-bond acceptors (Lipinski definition) is 4. The van der Waals surface area contributed by atoms with Gasteiger partial charge in [-0.1, -0.05) is 31.2 Å². The molecule has 0 bridgehead atoms. The maximum absolute atomic E-state index is 12.1. The van der Waals surface area contributed by atoms with Crippen molar-refractivity contribution in [3.63, 3.8) is 0 Å². The molecule has 6 heteroatoms. The predicted molar refractivity (Wildman–Crippen MR) is 108 cm³/mol. The van der Waals surface area contributed by atoms with Crippen molar-refractivity contribution in [2.75, 3.05) is 12.4 Å². The van der Waals surface area contributed by atoms with Gasteiger partial charge in [-0.2, -0.15) is 0 Å². The van der Waals surface area contributed by atoms with Crippen molar-refractivity contribution in [2.45, 2.75) is 39.2 Å². The van der Waals surface area contributed by atoms with E-state index in [1.807, 2.05) is 43.3 Å². The fourth-order valence-corrected chi connectivity index (χ4v) is 2.68. The average molecular weight is 382 g/mol. The Labute approximate surface area is 165 Å². The van der Waals surface area contributed by atoms with Gasteiger partial charge in [0.2, 0.25) is 11.8 Å². The first-order valence-electron chi connectivity index (χ1n) is 9.34. The highest BCUT2D eigenvalue weighted by Gasteiger charge is 2.07. The van der Waals surface area contributed by atoms with Gasteiger partial charge in [-0.25, -0.2) is 4.79 Å². The third kappa shape index (κ3) is 6.87. The van der Waals surface area contributed by atoms with Crippen LogP contribution < -0.4 is 10.6 Å². The SMILES string of the molecule is CCCC(=O)Nc1cccc(CNC(=O)CCc2ccc(C(=O)OC)cc2)c1. The molecule has 2 rings (SSSR count). The van der Waals surface area contributed by atoms with Gasteiger partial charge in [0.1, 0.15) is 0 Å². The zero-order valence-electron chi connectivity index (χ0n) is 16.3. The van der Waals surface area contributed by atoms with Crippen LogP contribution in [-0.2, 0) is 27.3 Å². The molecule has 0 aliphatic heterocycles. The topological polar surface area (TPSA) is 84.5 Å². The molecule has 2 aromatic rings. The lowest BCUT2D eigenvalue weighted by Gasteiger charge is -2.09. The number of esters is 1. The van der Waals surface area contributed by atoms with Crippen LogP contribution in [0.4, 0.5) is 5.69 Å². The average Bonchev–Trinajstić information content (AvgIpc) is 2.71. The summed E-state index contributed by atoms with van der Waals surface area (Å²) in [6.45, 7) is 2.36. The molecule has 0 radical (unpaired) electrons.